The molecular formula is C18H20N6O. The molecule has 0 radical (unpaired) electrons. The zero-order chi connectivity index (χ0) is 17.4. The molecule has 1 amide bonds. The van der Waals surface area contributed by atoms with Gasteiger partial charge in [-0.1, -0.05) is 12.1 Å². The molecule has 0 spiro atoms. The highest BCUT2D eigenvalue weighted by Gasteiger charge is 2.28. The Morgan fingerprint density at radius 2 is 2.16 bits per heavy atom. The third-order valence-electron chi connectivity index (χ3n) is 4.77. The van der Waals surface area contributed by atoms with Crippen LogP contribution in [0.3, 0.4) is 0 Å². The number of hydrogen-bond donors (Lipinski definition) is 1. The second-order valence-electron chi connectivity index (χ2n) is 6.34. The first-order chi connectivity index (χ1) is 12.1. The summed E-state index contributed by atoms with van der Waals surface area (Å²) < 4.78 is 3.54. The van der Waals surface area contributed by atoms with Gasteiger partial charge in [0.15, 0.2) is 0 Å². The molecule has 0 saturated carbocycles. The first-order valence-electron chi connectivity index (χ1n) is 8.42. The van der Waals surface area contributed by atoms with Crippen LogP contribution in [-0.2, 0) is 13.5 Å². The summed E-state index contributed by atoms with van der Waals surface area (Å²) in [6.45, 7) is 2.01. The summed E-state index contributed by atoms with van der Waals surface area (Å²) >= 11 is 0. The fourth-order valence-electron chi connectivity index (χ4n) is 3.67. The second kappa shape index (κ2) is 6.16. The number of nitrogens with one attached hydrogen (secondary N) is 1. The van der Waals surface area contributed by atoms with Crippen LogP contribution in [0.1, 0.15) is 46.2 Å². The molecular weight excluding hydrogens is 316 g/mol. The Kier molecular flexibility index (Phi) is 3.83. The molecule has 3 aromatic rings. The minimum absolute atomic E-state index is 0.00578. The van der Waals surface area contributed by atoms with Crippen molar-refractivity contribution < 1.29 is 4.79 Å². The van der Waals surface area contributed by atoms with Crippen LogP contribution in [0.15, 0.2) is 36.9 Å². The Hall–Kier alpha value is -2.96. The smallest absolute Gasteiger partial charge is 0.253 e. The molecule has 1 aliphatic carbocycles. The van der Waals surface area contributed by atoms with Gasteiger partial charge in [-0.05, 0) is 38.3 Å². The molecule has 0 aliphatic heterocycles. The maximum atomic E-state index is 13.0. The molecule has 1 atom stereocenters. The van der Waals surface area contributed by atoms with Crippen molar-refractivity contribution >= 4 is 5.91 Å². The molecule has 4 rings (SSSR count). The largest absolute Gasteiger partial charge is 0.345 e. The third-order valence-corrected chi connectivity index (χ3v) is 4.77. The molecule has 7 heteroatoms. The minimum atomic E-state index is -0.104. The Labute approximate surface area is 145 Å². The maximum Gasteiger partial charge on any atom is 0.253 e. The highest BCUT2D eigenvalue weighted by atomic mass is 16.1. The first kappa shape index (κ1) is 15.6. The average molecular weight is 336 g/mol. The van der Waals surface area contributed by atoms with Gasteiger partial charge in [0.05, 0.1) is 23.0 Å². The average Bonchev–Trinajstić information content (AvgIpc) is 3.24. The van der Waals surface area contributed by atoms with Crippen molar-refractivity contribution in [1.29, 1.82) is 0 Å². The van der Waals surface area contributed by atoms with Gasteiger partial charge < -0.3 is 5.32 Å². The van der Waals surface area contributed by atoms with Gasteiger partial charge in [-0.2, -0.15) is 10.2 Å². The molecule has 0 fully saturated rings. The fourth-order valence-corrected chi connectivity index (χ4v) is 3.67. The van der Waals surface area contributed by atoms with E-state index in [0.29, 0.717) is 5.56 Å². The molecule has 1 unspecified atom stereocenters. The Morgan fingerprint density at radius 3 is 2.96 bits per heavy atom. The van der Waals surface area contributed by atoms with Gasteiger partial charge in [0.2, 0.25) is 0 Å². The lowest BCUT2D eigenvalue weighted by molar-refractivity contribution is 0.0932. The predicted molar refractivity (Wildman–Crippen MR) is 92.4 cm³/mol. The maximum absolute atomic E-state index is 13.0. The second-order valence-corrected chi connectivity index (χ2v) is 6.34. The number of carbonyl (C=O) groups is 1. The van der Waals surface area contributed by atoms with Crippen LogP contribution in [0.4, 0.5) is 0 Å². The summed E-state index contributed by atoms with van der Waals surface area (Å²) in [5.41, 5.74) is 4.68. The molecule has 2 heterocycles. The summed E-state index contributed by atoms with van der Waals surface area (Å²) in [5.74, 6) is -0.104. The zero-order valence-electron chi connectivity index (χ0n) is 14.3. The summed E-state index contributed by atoms with van der Waals surface area (Å²) in [4.78, 5) is 16.9. The van der Waals surface area contributed by atoms with Gasteiger partial charge in [-0.15, -0.1) is 0 Å². The van der Waals surface area contributed by atoms with E-state index in [4.69, 9.17) is 0 Å². The molecule has 7 nitrogen and oxygen atoms in total. The molecule has 2 aromatic heterocycles. The fraction of sp³-hybridized carbons (Fsp3) is 0.333. The lowest BCUT2D eigenvalue weighted by atomic mass is 9.90. The van der Waals surface area contributed by atoms with E-state index in [1.54, 1.807) is 11.0 Å². The van der Waals surface area contributed by atoms with Crippen molar-refractivity contribution in [3.05, 3.63) is 59.4 Å². The highest BCUT2D eigenvalue weighted by molar-refractivity contribution is 5.98. The molecule has 1 aromatic carbocycles. The van der Waals surface area contributed by atoms with Crippen molar-refractivity contribution in [2.24, 2.45) is 7.05 Å². The topological polar surface area (TPSA) is 77.6 Å². The molecule has 0 bridgehead atoms. The van der Waals surface area contributed by atoms with E-state index in [1.165, 1.54) is 17.6 Å². The normalized spacial score (nSPS) is 16.5. The van der Waals surface area contributed by atoms with Crippen molar-refractivity contribution in [2.45, 2.75) is 32.2 Å². The van der Waals surface area contributed by atoms with E-state index in [-0.39, 0.29) is 11.9 Å². The molecule has 1 N–H and O–H groups in total. The zero-order valence-corrected chi connectivity index (χ0v) is 14.3. The first-order valence-corrected chi connectivity index (χ1v) is 8.42. The number of nitrogens with zero attached hydrogens (tertiary/aromatic N) is 5. The summed E-state index contributed by atoms with van der Waals surface area (Å²) in [7, 11) is 1.97. The number of amides is 1. The number of carbonyl (C=O) groups excluding carboxylic acids is 1. The van der Waals surface area contributed by atoms with Crippen LogP contribution in [0.2, 0.25) is 0 Å². The number of fused-ring (bicyclic) bond motifs is 1. The van der Waals surface area contributed by atoms with Crippen LogP contribution < -0.4 is 5.32 Å². The van der Waals surface area contributed by atoms with Crippen LogP contribution in [0.25, 0.3) is 5.69 Å². The van der Waals surface area contributed by atoms with Gasteiger partial charge in [0.1, 0.15) is 12.7 Å². The minimum Gasteiger partial charge on any atom is -0.345 e. The molecule has 25 heavy (non-hydrogen) atoms. The van der Waals surface area contributed by atoms with Crippen LogP contribution >= 0.6 is 0 Å². The quantitative estimate of drug-likeness (QED) is 0.795. The molecule has 1 aliphatic rings. The van der Waals surface area contributed by atoms with Crippen LogP contribution in [0.5, 0.6) is 0 Å². The van der Waals surface area contributed by atoms with Crippen LogP contribution in [-0.4, -0.2) is 30.5 Å². The Balaban J connectivity index is 1.65. The van der Waals surface area contributed by atoms with Crippen molar-refractivity contribution in [1.82, 2.24) is 29.9 Å². The monoisotopic (exact) mass is 336 g/mol. The lowest BCUT2D eigenvalue weighted by Crippen LogP contribution is -2.32. The van der Waals surface area contributed by atoms with E-state index in [9.17, 15) is 4.79 Å². The standard InChI is InChI=1S/C18H20N6O/c1-12-17-14(7-5-9-16(17)23(2)22-12)21-18(25)13-6-3-4-8-15(13)24-11-19-10-20-24/h3-4,6,8,10-11,14H,5,7,9H2,1-2H3,(H,21,25). The van der Waals surface area contributed by atoms with E-state index < -0.39 is 0 Å². The number of hydrogen-bond acceptors (Lipinski definition) is 4. The van der Waals surface area contributed by atoms with Gasteiger partial charge in [0, 0.05) is 18.3 Å². The highest BCUT2D eigenvalue weighted by Crippen LogP contribution is 2.32. The molecule has 0 saturated heterocycles. The summed E-state index contributed by atoms with van der Waals surface area (Å²) in [6, 6.07) is 7.42. The Bertz CT molecular complexity index is 912. The number of para-hydroxylation sites is 1. The number of rotatable bonds is 3. The van der Waals surface area contributed by atoms with Gasteiger partial charge in [-0.3, -0.25) is 9.48 Å². The number of benzene rings is 1. The van der Waals surface area contributed by atoms with Crippen molar-refractivity contribution in [3.63, 3.8) is 0 Å². The summed E-state index contributed by atoms with van der Waals surface area (Å²) in [6.07, 6.45) is 6.03. The van der Waals surface area contributed by atoms with E-state index in [2.05, 4.69) is 20.5 Å². The Morgan fingerprint density at radius 1 is 1.32 bits per heavy atom. The van der Waals surface area contributed by atoms with Crippen molar-refractivity contribution in [2.75, 3.05) is 0 Å². The number of aryl methyl sites for hydroxylation is 2. The van der Waals surface area contributed by atoms with Crippen molar-refractivity contribution in [3.8, 4) is 5.69 Å². The van der Waals surface area contributed by atoms with Gasteiger partial charge in [-0.25, -0.2) is 9.67 Å². The number of aromatic nitrogens is 5. The predicted octanol–water partition coefficient (Wildman–Crippen LogP) is 2.12. The van der Waals surface area contributed by atoms with Crippen LogP contribution in [0, 0.1) is 6.92 Å². The van der Waals surface area contributed by atoms with E-state index >= 15 is 0 Å². The lowest BCUT2D eigenvalue weighted by Gasteiger charge is -2.25. The third kappa shape index (κ3) is 2.71. The van der Waals surface area contributed by atoms with E-state index in [0.717, 1.165) is 30.6 Å². The van der Waals surface area contributed by atoms with Gasteiger partial charge in [0.25, 0.3) is 5.91 Å². The molecule has 128 valence electrons. The SMILES string of the molecule is Cc1nn(C)c2c1C(NC(=O)c1ccccc1-n1cncn1)CCC2. The summed E-state index contributed by atoms with van der Waals surface area (Å²) in [5, 5.41) is 11.9. The van der Waals surface area contributed by atoms with Gasteiger partial charge >= 0.3 is 0 Å². The van der Waals surface area contributed by atoms with E-state index in [1.807, 2.05) is 42.9 Å².